The molecule has 0 N–H and O–H groups in total. The van der Waals surface area contributed by atoms with Crippen molar-refractivity contribution in [3.8, 4) is 55.6 Å². The number of rotatable bonds is 8. The van der Waals surface area contributed by atoms with E-state index in [2.05, 4.69) is 241 Å². The first-order valence-electron chi connectivity index (χ1n) is 20.5. The SMILES string of the molecule is c1ccc(-c2ccc(-c3ccc(N(c4ccc(-c5ccc6sc7ccccc7c6c5)cc4)c4cccc(-c5cccc(-c6cccc7ccccc67)c5)c4)cc3)cc2)cc1. The van der Waals surface area contributed by atoms with Gasteiger partial charge in [-0.1, -0.05) is 176 Å². The van der Waals surface area contributed by atoms with Crippen LogP contribution in [-0.2, 0) is 0 Å². The number of hydrogen-bond acceptors (Lipinski definition) is 2. The standard InChI is InChI=1S/C58H39NS/c1-2-11-40(12-3-1)41-23-25-42(26-24-41)43-27-32-50(33-28-43)59(51-34-29-44(30-35-51)48-31-36-58-56(39-48)55-20-6-7-22-57(55)60-58)52-18-9-16-47(38-52)46-15-8-17-49(37-46)54-21-10-14-45-13-4-5-19-53(45)54/h1-39H. The zero-order valence-corrected chi connectivity index (χ0v) is 33.7. The van der Waals surface area contributed by atoms with E-state index in [4.69, 9.17) is 0 Å². The van der Waals surface area contributed by atoms with Crippen molar-refractivity contribution in [2.45, 2.75) is 0 Å². The molecule has 60 heavy (non-hydrogen) atoms. The molecule has 1 heterocycles. The van der Waals surface area contributed by atoms with Gasteiger partial charge in [0.15, 0.2) is 0 Å². The number of nitrogens with zero attached hydrogens (tertiary/aromatic N) is 1. The van der Waals surface area contributed by atoms with E-state index in [1.807, 2.05) is 11.3 Å². The minimum absolute atomic E-state index is 1.10. The van der Waals surface area contributed by atoms with Gasteiger partial charge in [0.25, 0.3) is 0 Å². The molecule has 0 amide bonds. The minimum Gasteiger partial charge on any atom is -0.310 e. The van der Waals surface area contributed by atoms with Crippen LogP contribution in [0.2, 0.25) is 0 Å². The lowest BCUT2D eigenvalue weighted by Gasteiger charge is -2.26. The highest BCUT2D eigenvalue weighted by Crippen LogP contribution is 2.41. The van der Waals surface area contributed by atoms with E-state index < -0.39 is 0 Å². The molecule has 1 nitrogen and oxygen atoms in total. The molecule has 0 saturated carbocycles. The minimum atomic E-state index is 1.10. The van der Waals surface area contributed by atoms with Gasteiger partial charge in [-0.25, -0.2) is 0 Å². The Morgan fingerprint density at radius 2 is 0.717 bits per heavy atom. The van der Waals surface area contributed by atoms with E-state index in [0.717, 1.165) is 17.1 Å². The van der Waals surface area contributed by atoms with Crippen LogP contribution in [0, 0.1) is 0 Å². The van der Waals surface area contributed by atoms with Gasteiger partial charge in [0.05, 0.1) is 0 Å². The molecule has 0 fully saturated rings. The second-order valence-electron chi connectivity index (χ2n) is 15.3. The molecule has 0 spiro atoms. The van der Waals surface area contributed by atoms with E-state index in [-0.39, 0.29) is 0 Å². The van der Waals surface area contributed by atoms with Gasteiger partial charge in [0, 0.05) is 37.2 Å². The normalized spacial score (nSPS) is 11.3. The average Bonchev–Trinajstić information content (AvgIpc) is 3.70. The zero-order chi connectivity index (χ0) is 39.8. The Balaban J connectivity index is 0.968. The molecule has 0 saturated heterocycles. The maximum absolute atomic E-state index is 2.37. The van der Waals surface area contributed by atoms with Crippen molar-refractivity contribution in [1.29, 1.82) is 0 Å². The van der Waals surface area contributed by atoms with Gasteiger partial charge in [-0.3, -0.25) is 0 Å². The number of benzene rings is 10. The summed E-state index contributed by atoms with van der Waals surface area (Å²) in [6.07, 6.45) is 0. The maximum Gasteiger partial charge on any atom is 0.0467 e. The molecule has 1 aromatic heterocycles. The molecule has 11 aromatic rings. The van der Waals surface area contributed by atoms with E-state index in [1.165, 1.54) is 86.6 Å². The predicted molar refractivity (Wildman–Crippen MR) is 259 cm³/mol. The van der Waals surface area contributed by atoms with Crippen molar-refractivity contribution < 1.29 is 0 Å². The van der Waals surface area contributed by atoms with Crippen LogP contribution in [0.5, 0.6) is 0 Å². The van der Waals surface area contributed by atoms with Crippen LogP contribution in [0.4, 0.5) is 17.1 Å². The third-order valence-corrected chi connectivity index (χ3v) is 12.8. The average molecular weight is 782 g/mol. The van der Waals surface area contributed by atoms with Crippen LogP contribution in [0.15, 0.2) is 237 Å². The number of thiophene rings is 1. The smallest absolute Gasteiger partial charge is 0.0467 e. The highest BCUT2D eigenvalue weighted by atomic mass is 32.1. The molecule has 2 heteroatoms. The second kappa shape index (κ2) is 15.3. The first-order chi connectivity index (χ1) is 29.7. The van der Waals surface area contributed by atoms with E-state index >= 15 is 0 Å². The fourth-order valence-electron chi connectivity index (χ4n) is 8.61. The van der Waals surface area contributed by atoms with Crippen molar-refractivity contribution in [2.24, 2.45) is 0 Å². The quantitative estimate of drug-likeness (QED) is 0.148. The van der Waals surface area contributed by atoms with Gasteiger partial charge in [-0.05, 0) is 127 Å². The fraction of sp³-hybridized carbons (Fsp3) is 0. The largest absolute Gasteiger partial charge is 0.310 e. The molecular formula is C58H39NS. The molecule has 11 rings (SSSR count). The van der Waals surface area contributed by atoms with E-state index in [0.29, 0.717) is 0 Å². The first-order valence-corrected chi connectivity index (χ1v) is 21.3. The molecule has 0 aliphatic heterocycles. The third kappa shape index (κ3) is 6.73. The van der Waals surface area contributed by atoms with Crippen molar-refractivity contribution in [2.75, 3.05) is 4.90 Å². The summed E-state index contributed by atoms with van der Waals surface area (Å²) in [5.41, 5.74) is 15.3. The molecule has 0 aliphatic carbocycles. The summed E-state index contributed by atoms with van der Waals surface area (Å²) >= 11 is 1.86. The highest BCUT2D eigenvalue weighted by Gasteiger charge is 2.16. The molecule has 0 aliphatic rings. The summed E-state index contributed by atoms with van der Waals surface area (Å²) in [7, 11) is 0. The molecule has 0 bridgehead atoms. The van der Waals surface area contributed by atoms with Crippen LogP contribution in [0.1, 0.15) is 0 Å². The van der Waals surface area contributed by atoms with E-state index in [9.17, 15) is 0 Å². The second-order valence-corrected chi connectivity index (χ2v) is 16.4. The van der Waals surface area contributed by atoms with Crippen molar-refractivity contribution in [3.05, 3.63) is 237 Å². The molecular weight excluding hydrogens is 743 g/mol. The van der Waals surface area contributed by atoms with Gasteiger partial charge < -0.3 is 4.90 Å². The van der Waals surface area contributed by atoms with Gasteiger partial charge in [-0.2, -0.15) is 0 Å². The monoisotopic (exact) mass is 781 g/mol. The Hall–Kier alpha value is -7.52. The Morgan fingerprint density at radius 1 is 0.250 bits per heavy atom. The predicted octanol–water partition coefficient (Wildman–Crippen LogP) is 17.0. The molecule has 0 atom stereocenters. The van der Waals surface area contributed by atoms with Gasteiger partial charge >= 0.3 is 0 Å². The lowest BCUT2D eigenvalue weighted by Crippen LogP contribution is -2.10. The fourth-order valence-corrected chi connectivity index (χ4v) is 9.70. The Morgan fingerprint density at radius 3 is 1.45 bits per heavy atom. The molecule has 282 valence electrons. The maximum atomic E-state index is 2.37. The Bertz CT molecular complexity index is 3280. The van der Waals surface area contributed by atoms with Crippen molar-refractivity contribution in [3.63, 3.8) is 0 Å². The topological polar surface area (TPSA) is 3.24 Å². The van der Waals surface area contributed by atoms with Crippen molar-refractivity contribution in [1.82, 2.24) is 0 Å². The zero-order valence-electron chi connectivity index (χ0n) is 32.9. The Labute approximate surface area is 354 Å². The summed E-state index contributed by atoms with van der Waals surface area (Å²) in [6, 6.07) is 86.1. The van der Waals surface area contributed by atoms with Crippen molar-refractivity contribution >= 4 is 59.3 Å². The highest BCUT2D eigenvalue weighted by molar-refractivity contribution is 7.25. The summed E-state index contributed by atoms with van der Waals surface area (Å²) in [6.45, 7) is 0. The molecule has 10 aromatic carbocycles. The lowest BCUT2D eigenvalue weighted by molar-refractivity contribution is 1.28. The Kier molecular flexibility index (Phi) is 9.11. The summed E-state index contributed by atoms with van der Waals surface area (Å²) < 4.78 is 2.65. The van der Waals surface area contributed by atoms with Crippen LogP contribution >= 0.6 is 11.3 Å². The van der Waals surface area contributed by atoms with Gasteiger partial charge in [0.2, 0.25) is 0 Å². The lowest BCUT2D eigenvalue weighted by atomic mass is 9.95. The van der Waals surface area contributed by atoms with Gasteiger partial charge in [0.1, 0.15) is 0 Å². The third-order valence-electron chi connectivity index (χ3n) is 11.7. The van der Waals surface area contributed by atoms with E-state index in [1.54, 1.807) is 0 Å². The summed E-state index contributed by atoms with van der Waals surface area (Å²) in [5, 5.41) is 5.15. The summed E-state index contributed by atoms with van der Waals surface area (Å²) in [4.78, 5) is 2.37. The number of hydrogen-bond donors (Lipinski definition) is 0. The summed E-state index contributed by atoms with van der Waals surface area (Å²) in [5.74, 6) is 0. The van der Waals surface area contributed by atoms with Crippen LogP contribution in [-0.4, -0.2) is 0 Å². The molecule has 0 radical (unpaired) electrons. The first kappa shape index (κ1) is 35.6. The molecule has 0 unspecified atom stereocenters. The van der Waals surface area contributed by atoms with Crippen LogP contribution < -0.4 is 4.90 Å². The van der Waals surface area contributed by atoms with Crippen LogP contribution in [0.25, 0.3) is 86.6 Å². The van der Waals surface area contributed by atoms with Crippen LogP contribution in [0.3, 0.4) is 0 Å². The van der Waals surface area contributed by atoms with Gasteiger partial charge in [-0.15, -0.1) is 11.3 Å². The number of fused-ring (bicyclic) bond motifs is 4. The number of anilines is 3.